The Morgan fingerprint density at radius 3 is 1.72 bits per heavy atom. The Bertz CT molecular complexity index is 1110. The summed E-state index contributed by atoms with van der Waals surface area (Å²) in [5.41, 5.74) is 0.0457. The van der Waals surface area contributed by atoms with Crippen LogP contribution in [0.15, 0.2) is 18.6 Å². The second-order valence-electron chi connectivity index (χ2n) is 11.5. The molecule has 43 heavy (non-hydrogen) atoms. The summed E-state index contributed by atoms with van der Waals surface area (Å²) in [6.45, 7) is 16.7. The van der Waals surface area contributed by atoms with Crippen LogP contribution in [0, 0.1) is 17.8 Å². The highest BCUT2D eigenvalue weighted by atomic mass is 16.2. The van der Waals surface area contributed by atoms with E-state index in [1.165, 1.54) is 23.5 Å². The van der Waals surface area contributed by atoms with Crippen LogP contribution in [-0.2, 0) is 24.0 Å². The third-order valence-electron chi connectivity index (χ3n) is 6.92. The Morgan fingerprint density at radius 1 is 0.721 bits per heavy atom. The number of nitrogens with one attached hydrogen (secondary N) is 4. The normalized spacial score (nSPS) is 14.0. The summed E-state index contributed by atoms with van der Waals surface area (Å²) in [4.78, 5) is 87.5. The molecule has 1 heterocycles. The van der Waals surface area contributed by atoms with Gasteiger partial charge in [0.2, 0.25) is 23.5 Å². The van der Waals surface area contributed by atoms with E-state index in [9.17, 15) is 28.8 Å². The molecule has 1 rings (SSSR count). The van der Waals surface area contributed by atoms with Gasteiger partial charge >= 0.3 is 0 Å². The Labute approximate surface area is 254 Å². The van der Waals surface area contributed by atoms with E-state index in [1.54, 1.807) is 48.5 Å². The number of rotatable bonds is 17. The van der Waals surface area contributed by atoms with Crippen molar-refractivity contribution < 1.29 is 28.8 Å². The van der Waals surface area contributed by atoms with Gasteiger partial charge in [0.15, 0.2) is 0 Å². The molecule has 0 aromatic carbocycles. The second-order valence-corrected chi connectivity index (χ2v) is 11.5. The van der Waals surface area contributed by atoms with E-state index in [4.69, 9.17) is 0 Å². The van der Waals surface area contributed by atoms with Gasteiger partial charge in [-0.25, -0.2) is 4.98 Å². The van der Waals surface area contributed by atoms with Crippen LogP contribution >= 0.6 is 0 Å². The van der Waals surface area contributed by atoms with Gasteiger partial charge in [0.05, 0.1) is 12.2 Å². The van der Waals surface area contributed by atoms with E-state index in [0.29, 0.717) is 13.1 Å². The number of likely N-dealkylation sites (N-methyl/N-ethyl adjacent to an activating group) is 1. The van der Waals surface area contributed by atoms with E-state index in [1.807, 2.05) is 13.8 Å². The first-order valence-corrected chi connectivity index (χ1v) is 15.0. The van der Waals surface area contributed by atoms with Crippen LogP contribution < -0.4 is 21.3 Å². The molecule has 0 unspecified atom stereocenters. The Hall–Kier alpha value is -3.90. The first kappa shape index (κ1) is 37.1. The molecule has 0 radical (unpaired) electrons. The van der Waals surface area contributed by atoms with Crippen LogP contribution in [0.5, 0.6) is 0 Å². The van der Waals surface area contributed by atoms with Gasteiger partial charge in [0.25, 0.3) is 11.8 Å². The number of carbonyl (C=O) groups is 6. The molecular weight excluding hydrogens is 554 g/mol. The lowest BCUT2D eigenvalue weighted by molar-refractivity contribution is -0.146. The molecule has 0 spiro atoms. The standard InChI is InChI=1S/C30H49N7O6/c1-10-20(25(38)30(43)37(11-2)12-3)33-26(39)21(15-17(4)5)34-28(41)23(18(6)7)36-29(42)24(19(8)9)35-27(40)22-16-31-13-14-32-22/h13-14,16-21,23-24H,10-12,15H2,1-9H3,(H,33,39)(H,34,41)(H,35,40)(H,36,42)/t20-,21-,23-,24-/m0/s1. The summed E-state index contributed by atoms with van der Waals surface area (Å²) < 4.78 is 0. The molecule has 5 amide bonds. The van der Waals surface area contributed by atoms with Gasteiger partial charge in [-0.05, 0) is 44.4 Å². The highest BCUT2D eigenvalue weighted by Gasteiger charge is 2.35. The summed E-state index contributed by atoms with van der Waals surface area (Å²) in [5, 5.41) is 10.8. The zero-order chi connectivity index (χ0) is 32.9. The Kier molecular flexibility index (Phi) is 15.5. The molecule has 240 valence electrons. The summed E-state index contributed by atoms with van der Waals surface area (Å²) in [5.74, 6) is -4.42. The van der Waals surface area contributed by atoms with Gasteiger partial charge in [-0.2, -0.15) is 0 Å². The average molecular weight is 604 g/mol. The van der Waals surface area contributed by atoms with Gasteiger partial charge in [-0.3, -0.25) is 33.8 Å². The van der Waals surface area contributed by atoms with Crippen LogP contribution in [0.2, 0.25) is 0 Å². The molecule has 4 N–H and O–H groups in total. The minimum Gasteiger partial charge on any atom is -0.344 e. The molecule has 0 fully saturated rings. The molecule has 0 aliphatic heterocycles. The molecular formula is C30H49N7O6. The van der Waals surface area contributed by atoms with Gasteiger partial charge in [0, 0.05) is 25.5 Å². The molecule has 0 aliphatic carbocycles. The molecule has 4 atom stereocenters. The monoisotopic (exact) mass is 603 g/mol. The lowest BCUT2D eigenvalue weighted by atomic mass is 9.98. The van der Waals surface area contributed by atoms with Gasteiger partial charge in [-0.1, -0.05) is 48.5 Å². The van der Waals surface area contributed by atoms with Gasteiger partial charge < -0.3 is 26.2 Å². The van der Waals surface area contributed by atoms with E-state index in [0.717, 1.165) is 0 Å². The molecule has 0 aliphatic rings. The van der Waals surface area contributed by atoms with Gasteiger partial charge in [-0.15, -0.1) is 0 Å². The number of hydrogen-bond donors (Lipinski definition) is 4. The van der Waals surface area contributed by atoms with Crippen molar-refractivity contribution in [1.29, 1.82) is 0 Å². The molecule has 13 nitrogen and oxygen atoms in total. The minimum absolute atomic E-state index is 0.00200. The lowest BCUT2D eigenvalue weighted by Crippen LogP contribution is -2.60. The molecule has 0 saturated carbocycles. The summed E-state index contributed by atoms with van der Waals surface area (Å²) in [6.07, 6.45) is 4.53. The molecule has 1 aromatic rings. The third-order valence-corrected chi connectivity index (χ3v) is 6.92. The lowest BCUT2D eigenvalue weighted by Gasteiger charge is -2.29. The second kappa shape index (κ2) is 17.9. The summed E-state index contributed by atoms with van der Waals surface area (Å²) >= 11 is 0. The van der Waals surface area contributed by atoms with Crippen molar-refractivity contribution in [2.45, 2.75) is 99.3 Å². The van der Waals surface area contributed by atoms with Crippen molar-refractivity contribution in [3.63, 3.8) is 0 Å². The van der Waals surface area contributed by atoms with Crippen molar-refractivity contribution in [2.24, 2.45) is 17.8 Å². The van der Waals surface area contributed by atoms with E-state index in [-0.39, 0.29) is 36.3 Å². The number of hydrogen-bond acceptors (Lipinski definition) is 8. The van der Waals surface area contributed by atoms with Crippen molar-refractivity contribution in [1.82, 2.24) is 36.1 Å². The van der Waals surface area contributed by atoms with Crippen LogP contribution in [0.1, 0.15) is 85.6 Å². The van der Waals surface area contributed by atoms with Crippen molar-refractivity contribution in [3.05, 3.63) is 24.3 Å². The first-order valence-electron chi connectivity index (χ1n) is 15.0. The molecule has 13 heteroatoms. The molecule has 0 bridgehead atoms. The first-order chi connectivity index (χ1) is 20.2. The number of Topliss-reactive ketones (excluding diaryl/α,β-unsaturated/α-hetero) is 1. The Balaban J connectivity index is 3.09. The quantitative estimate of drug-likeness (QED) is 0.192. The van der Waals surface area contributed by atoms with Crippen LogP contribution in [0.25, 0.3) is 0 Å². The Morgan fingerprint density at radius 2 is 1.26 bits per heavy atom. The highest BCUT2D eigenvalue weighted by Crippen LogP contribution is 2.11. The predicted octanol–water partition coefficient (Wildman–Crippen LogP) is 1.24. The number of carbonyl (C=O) groups excluding carboxylic acids is 6. The zero-order valence-electron chi connectivity index (χ0n) is 26.9. The van der Waals surface area contributed by atoms with Crippen molar-refractivity contribution in [3.8, 4) is 0 Å². The zero-order valence-corrected chi connectivity index (χ0v) is 26.9. The summed E-state index contributed by atoms with van der Waals surface area (Å²) in [7, 11) is 0. The predicted molar refractivity (Wildman–Crippen MR) is 161 cm³/mol. The maximum Gasteiger partial charge on any atom is 0.292 e. The van der Waals surface area contributed by atoms with E-state index >= 15 is 0 Å². The maximum absolute atomic E-state index is 13.5. The number of amides is 5. The molecule has 1 aromatic heterocycles. The van der Waals surface area contributed by atoms with Crippen molar-refractivity contribution in [2.75, 3.05) is 13.1 Å². The SMILES string of the molecule is CC[C@H](NC(=O)[C@H](CC(C)C)NC(=O)[C@@H](NC(=O)[C@@H](NC(=O)c1cnccn1)C(C)C)C(C)C)C(=O)C(=O)N(CC)CC. The van der Waals surface area contributed by atoms with Gasteiger partial charge in [0.1, 0.15) is 23.8 Å². The van der Waals surface area contributed by atoms with E-state index in [2.05, 4.69) is 31.2 Å². The van der Waals surface area contributed by atoms with Crippen LogP contribution in [-0.4, -0.2) is 87.4 Å². The number of ketones is 1. The molecule has 0 saturated heterocycles. The van der Waals surface area contributed by atoms with Crippen molar-refractivity contribution >= 4 is 35.3 Å². The third kappa shape index (κ3) is 11.4. The van der Waals surface area contributed by atoms with E-state index < -0.39 is 59.5 Å². The largest absolute Gasteiger partial charge is 0.344 e. The summed E-state index contributed by atoms with van der Waals surface area (Å²) in [6, 6.07) is -4.07. The number of aromatic nitrogens is 2. The average Bonchev–Trinajstić information content (AvgIpc) is 2.96. The van der Waals surface area contributed by atoms with Crippen LogP contribution in [0.3, 0.4) is 0 Å². The highest BCUT2D eigenvalue weighted by molar-refractivity contribution is 6.38. The number of nitrogens with zero attached hydrogens (tertiary/aromatic N) is 3. The van der Waals surface area contributed by atoms with Crippen LogP contribution in [0.4, 0.5) is 0 Å². The fourth-order valence-electron chi connectivity index (χ4n) is 4.35. The fourth-order valence-corrected chi connectivity index (χ4v) is 4.35. The smallest absolute Gasteiger partial charge is 0.292 e. The fraction of sp³-hybridized carbons (Fsp3) is 0.667. The topological polar surface area (TPSA) is 180 Å². The minimum atomic E-state index is -1.04. The maximum atomic E-state index is 13.5.